The number of nitrogens with two attached hydrogens (primary N) is 3. The molecule has 8 nitrogen and oxygen atoms in total. The third kappa shape index (κ3) is 3.35. The van der Waals surface area contributed by atoms with Gasteiger partial charge in [0.2, 0.25) is 0 Å². The van der Waals surface area contributed by atoms with Gasteiger partial charge in [0.05, 0.1) is 10.0 Å². The highest BCUT2D eigenvalue weighted by atomic mass is 35.5. The number of imidazole rings is 1. The molecule has 0 radical (unpaired) electrons. The lowest BCUT2D eigenvalue weighted by atomic mass is 10.00. The molecule has 0 bridgehead atoms. The molecule has 1 aromatic carbocycles. The minimum Gasteiger partial charge on any atom is -0.483 e. The van der Waals surface area contributed by atoms with Gasteiger partial charge in [0.25, 0.3) is 6.47 Å². The Kier molecular flexibility index (Phi) is 5.50. The van der Waals surface area contributed by atoms with E-state index in [1.54, 1.807) is 6.07 Å². The van der Waals surface area contributed by atoms with Crippen molar-refractivity contribution in [2.24, 2.45) is 41.1 Å². The summed E-state index contributed by atoms with van der Waals surface area (Å²) in [6.07, 6.45) is 4.73. The van der Waals surface area contributed by atoms with Gasteiger partial charge in [-0.3, -0.25) is 9.80 Å². The maximum absolute atomic E-state index is 8.36. The van der Waals surface area contributed by atoms with Crippen molar-refractivity contribution in [2.75, 3.05) is 10.7 Å². The van der Waals surface area contributed by atoms with Crippen LogP contribution in [0.25, 0.3) is 11.3 Å². The first kappa shape index (κ1) is 22.8. The number of thioether (sulfide) groups is 1. The first-order valence-electron chi connectivity index (χ1n) is 11.7. The number of benzene rings is 1. The maximum Gasteiger partial charge on any atom is 0.290 e. The zero-order valence-corrected chi connectivity index (χ0v) is 20.8. The first-order chi connectivity index (χ1) is 16.3. The van der Waals surface area contributed by atoms with Crippen LogP contribution in [0.2, 0.25) is 10.0 Å². The molecule has 4 saturated carbocycles. The minimum absolute atomic E-state index is 0.250. The van der Waals surface area contributed by atoms with E-state index >= 15 is 0 Å². The van der Waals surface area contributed by atoms with Gasteiger partial charge in [-0.1, -0.05) is 47.1 Å². The molecule has 2 heterocycles. The highest BCUT2D eigenvalue weighted by molar-refractivity contribution is 8.00. The van der Waals surface area contributed by atoms with Crippen molar-refractivity contribution >= 4 is 47.3 Å². The SMILES string of the molecule is Nc1c(-c2cccc(Cl)c2Cl)nc2n1N(C1C[C@@H]3[C@H](N)[C@@H]3C1)C(C1C[C@@H]3[C@H](N)[C@@H]3C1)S2.O=CO. The van der Waals surface area contributed by atoms with E-state index < -0.39 is 0 Å². The summed E-state index contributed by atoms with van der Waals surface area (Å²) in [5.41, 5.74) is 20.7. The van der Waals surface area contributed by atoms with Crippen LogP contribution in [0.5, 0.6) is 0 Å². The second-order valence-corrected chi connectivity index (χ2v) is 12.1. The van der Waals surface area contributed by atoms with Crippen LogP contribution in [0.15, 0.2) is 23.4 Å². The van der Waals surface area contributed by atoms with Gasteiger partial charge < -0.3 is 22.3 Å². The number of nitrogen functional groups attached to an aromatic ring is 1. The van der Waals surface area contributed by atoms with Gasteiger partial charge in [0.1, 0.15) is 11.1 Å². The molecule has 7 rings (SSSR count). The summed E-state index contributed by atoms with van der Waals surface area (Å²) in [7, 11) is 0. The molecule has 1 aliphatic heterocycles. The smallest absolute Gasteiger partial charge is 0.290 e. The summed E-state index contributed by atoms with van der Waals surface area (Å²) in [5, 5.41) is 11.8. The maximum atomic E-state index is 8.36. The van der Waals surface area contributed by atoms with Crippen molar-refractivity contribution in [3.63, 3.8) is 0 Å². The number of hydrogen-bond donors (Lipinski definition) is 4. The van der Waals surface area contributed by atoms with E-state index in [0.717, 1.165) is 29.3 Å². The first-order valence-corrected chi connectivity index (χ1v) is 13.4. The van der Waals surface area contributed by atoms with E-state index in [-0.39, 0.29) is 6.47 Å². The Morgan fingerprint density at radius 3 is 2.26 bits per heavy atom. The van der Waals surface area contributed by atoms with Crippen molar-refractivity contribution in [1.29, 1.82) is 0 Å². The number of hydrogen-bond acceptors (Lipinski definition) is 7. The average molecular weight is 523 g/mol. The number of nitrogens with zero attached hydrogens (tertiary/aromatic N) is 3. The second-order valence-electron chi connectivity index (χ2n) is 10.2. The Bertz CT molecular complexity index is 1120. The van der Waals surface area contributed by atoms with Gasteiger partial charge in [0, 0.05) is 23.7 Å². The number of carboxylic acid groups (broad SMARTS) is 1. The van der Waals surface area contributed by atoms with E-state index in [2.05, 4.69) is 9.69 Å². The van der Waals surface area contributed by atoms with Crippen LogP contribution in [0.4, 0.5) is 5.82 Å². The molecule has 0 saturated heterocycles. The molecule has 4 fully saturated rings. The van der Waals surface area contributed by atoms with E-state index in [9.17, 15) is 0 Å². The molecular formula is C23H28Cl2N6O2S. The highest BCUT2D eigenvalue weighted by Crippen LogP contribution is 2.60. The van der Waals surface area contributed by atoms with E-state index in [0.29, 0.717) is 69.0 Å². The molecule has 0 spiro atoms. The topological polar surface area (TPSA) is 136 Å². The number of rotatable bonds is 3. The number of carbonyl (C=O) groups is 1. The summed E-state index contributed by atoms with van der Waals surface area (Å²) < 4.78 is 2.17. The Morgan fingerprint density at radius 2 is 1.65 bits per heavy atom. The minimum atomic E-state index is -0.250. The van der Waals surface area contributed by atoms with Crippen LogP contribution < -0.4 is 22.2 Å². The largest absolute Gasteiger partial charge is 0.483 e. The molecule has 5 aliphatic rings. The predicted octanol–water partition coefficient (Wildman–Crippen LogP) is 3.23. The predicted molar refractivity (Wildman–Crippen MR) is 134 cm³/mol. The van der Waals surface area contributed by atoms with Gasteiger partial charge in [-0.2, -0.15) is 0 Å². The fraction of sp³-hybridized carbons (Fsp3) is 0.565. The molecule has 9 atom stereocenters. The van der Waals surface area contributed by atoms with Crippen LogP contribution in [-0.4, -0.2) is 44.7 Å². The number of anilines is 1. The van der Waals surface area contributed by atoms with E-state index in [1.807, 2.05) is 23.9 Å². The molecule has 1 aromatic heterocycles. The summed E-state index contributed by atoms with van der Waals surface area (Å²) in [4.78, 5) is 13.3. The van der Waals surface area contributed by atoms with Crippen molar-refractivity contribution in [1.82, 2.24) is 9.66 Å². The monoisotopic (exact) mass is 522 g/mol. The fourth-order valence-electron chi connectivity index (χ4n) is 6.79. The molecule has 0 amide bonds. The second kappa shape index (κ2) is 8.20. The van der Waals surface area contributed by atoms with E-state index in [1.165, 1.54) is 12.8 Å². The molecular weight excluding hydrogens is 495 g/mol. The number of fused-ring (bicyclic) bond motifs is 3. The van der Waals surface area contributed by atoms with E-state index in [4.69, 9.17) is 55.3 Å². The Balaban J connectivity index is 0.000000691. The lowest BCUT2D eigenvalue weighted by Crippen LogP contribution is -2.49. The summed E-state index contributed by atoms with van der Waals surface area (Å²) in [5.74, 6) is 4.03. The third-order valence-electron chi connectivity index (χ3n) is 8.60. The van der Waals surface area contributed by atoms with Crippen LogP contribution >= 0.6 is 35.0 Å². The summed E-state index contributed by atoms with van der Waals surface area (Å²) >= 11 is 14.6. The number of aromatic nitrogens is 2. The van der Waals surface area contributed by atoms with Gasteiger partial charge >= 0.3 is 0 Å². The Labute approximate surface area is 212 Å². The van der Waals surface area contributed by atoms with Crippen molar-refractivity contribution in [3.8, 4) is 11.3 Å². The average Bonchev–Trinajstić information content (AvgIpc) is 3.33. The highest BCUT2D eigenvalue weighted by Gasteiger charge is 2.60. The van der Waals surface area contributed by atoms with Crippen LogP contribution in [0.1, 0.15) is 25.7 Å². The van der Waals surface area contributed by atoms with Crippen LogP contribution in [0.3, 0.4) is 0 Å². The van der Waals surface area contributed by atoms with Gasteiger partial charge in [0.15, 0.2) is 11.0 Å². The Hall–Kier alpha value is -1.65. The van der Waals surface area contributed by atoms with Crippen molar-refractivity contribution in [2.45, 2.75) is 54.3 Å². The molecule has 2 aromatic rings. The molecule has 7 N–H and O–H groups in total. The van der Waals surface area contributed by atoms with Crippen LogP contribution in [0, 0.1) is 29.6 Å². The lowest BCUT2D eigenvalue weighted by molar-refractivity contribution is -0.122. The lowest BCUT2D eigenvalue weighted by Gasteiger charge is -2.37. The molecule has 4 aliphatic carbocycles. The summed E-state index contributed by atoms with van der Waals surface area (Å²) in [6.45, 7) is -0.250. The Morgan fingerprint density at radius 1 is 1.06 bits per heavy atom. The standard InChI is InChI=1S/C22H26Cl2N6S.CH2O2/c23-15-3-1-2-10(16(15)24)19-20(27)30-22(28-19)31-21(8-4-11-12(5-8)17(11)25)29(30)9-6-13-14(7-9)18(13)26;2-1-3/h1-3,8-9,11-14,17-18,21H,4-7,25-27H2;1H,(H,2,3)/t8?,9?,11-,12+,13-,14+,17-,18-,21?;. The summed E-state index contributed by atoms with van der Waals surface area (Å²) in [6, 6.07) is 6.88. The quantitative estimate of drug-likeness (QED) is 0.451. The molecule has 3 unspecified atom stereocenters. The number of halogens is 2. The van der Waals surface area contributed by atoms with Crippen molar-refractivity contribution < 1.29 is 9.90 Å². The zero-order valence-electron chi connectivity index (χ0n) is 18.4. The zero-order chi connectivity index (χ0) is 23.9. The van der Waals surface area contributed by atoms with Gasteiger partial charge in [-0.15, -0.1) is 0 Å². The molecule has 34 heavy (non-hydrogen) atoms. The molecule has 11 heteroatoms. The fourth-order valence-corrected chi connectivity index (χ4v) is 8.62. The van der Waals surface area contributed by atoms with Crippen LogP contribution in [-0.2, 0) is 4.79 Å². The van der Waals surface area contributed by atoms with Gasteiger partial charge in [-0.05, 0) is 61.3 Å². The van der Waals surface area contributed by atoms with Crippen molar-refractivity contribution in [3.05, 3.63) is 28.2 Å². The normalized spacial score (nSPS) is 38.6. The molecule has 182 valence electrons. The van der Waals surface area contributed by atoms with Gasteiger partial charge in [-0.25, -0.2) is 9.66 Å². The third-order valence-corrected chi connectivity index (χ3v) is 10.7.